The Labute approximate surface area is 255 Å². The molecule has 216 valence electrons. The van der Waals surface area contributed by atoms with Gasteiger partial charge in [0.05, 0.1) is 14.1 Å². The highest BCUT2D eigenvalue weighted by molar-refractivity contribution is 7.20. The highest BCUT2D eigenvalue weighted by atomic mass is 15.1. The van der Waals surface area contributed by atoms with Gasteiger partial charge in [-0.1, -0.05) is 136 Å². The van der Waals surface area contributed by atoms with Crippen LogP contribution in [0.25, 0.3) is 0 Å². The first-order chi connectivity index (χ1) is 19.9. The number of aryl methyl sites for hydroxylation is 8. The fourth-order valence-electron chi connectivity index (χ4n) is 7.02. The second-order valence-corrected chi connectivity index (χ2v) is 12.7. The van der Waals surface area contributed by atoms with Crippen molar-refractivity contribution in [2.24, 2.45) is 0 Å². The number of para-hydroxylation sites is 1. The lowest BCUT2D eigenvalue weighted by Crippen LogP contribution is -3.00. The van der Waals surface area contributed by atoms with Crippen LogP contribution in [0.2, 0.25) is 0 Å². The maximum atomic E-state index is 2.39. The van der Waals surface area contributed by atoms with Gasteiger partial charge >= 0.3 is 0 Å². The molecule has 0 aliphatic rings. The van der Waals surface area contributed by atoms with E-state index in [9.17, 15) is 0 Å². The van der Waals surface area contributed by atoms with E-state index in [2.05, 4.69) is 167 Å². The van der Waals surface area contributed by atoms with Gasteiger partial charge in [0.2, 0.25) is 0 Å². The lowest BCUT2D eigenvalue weighted by molar-refractivity contribution is -0.786. The van der Waals surface area contributed by atoms with E-state index in [0.29, 0.717) is 0 Å². The summed E-state index contributed by atoms with van der Waals surface area (Å²) in [5.74, 6) is 0. The maximum Gasteiger partial charge on any atom is 0.130 e. The van der Waals surface area contributed by atoms with Gasteiger partial charge in [-0.25, -0.2) is 0 Å². The summed E-state index contributed by atoms with van der Waals surface area (Å²) in [6, 6.07) is 38.5. The minimum Gasteiger partial charge on any atom is -0.307 e. The second kappa shape index (κ2) is 13.0. The molecule has 2 heteroatoms. The molecule has 1 N–H and O–H groups in total. The third kappa shape index (κ3) is 6.30. The van der Waals surface area contributed by atoms with Gasteiger partial charge in [0, 0.05) is 0 Å². The standard InChI is InChI=1S/C32H36B.C8H11N/c1-21-9-13-29(25(5)17-21)33(30-14-10-22(2)18-26(30)6,31-15-11-23(3)19-27(31)7)32-16-12-24(4)20-28(32)8;1-9(2)8-6-4-3-5-7-8/h9-20H,1-8H3;3-7H,1-2H3/q-1;/p+1. The van der Waals surface area contributed by atoms with Crippen molar-refractivity contribution in [1.29, 1.82) is 0 Å². The lowest BCUT2D eigenvalue weighted by atomic mass is 9.11. The Morgan fingerprint density at radius 3 is 0.881 bits per heavy atom. The summed E-state index contributed by atoms with van der Waals surface area (Å²) < 4.78 is 0. The molecule has 0 aliphatic heterocycles. The van der Waals surface area contributed by atoms with Crippen LogP contribution in [0.3, 0.4) is 0 Å². The molecule has 0 unspecified atom stereocenters. The molecule has 5 aromatic rings. The van der Waals surface area contributed by atoms with Crippen LogP contribution in [0.15, 0.2) is 103 Å². The summed E-state index contributed by atoms with van der Waals surface area (Å²) in [6.45, 7) is 17.9. The van der Waals surface area contributed by atoms with Crippen LogP contribution < -0.4 is 26.8 Å². The summed E-state index contributed by atoms with van der Waals surface area (Å²) in [4.78, 5) is 1.37. The van der Waals surface area contributed by atoms with Crippen molar-refractivity contribution in [2.45, 2.75) is 55.4 Å². The molecule has 0 radical (unpaired) electrons. The fourth-order valence-corrected chi connectivity index (χ4v) is 7.02. The van der Waals surface area contributed by atoms with E-state index in [1.165, 1.54) is 76.9 Å². The van der Waals surface area contributed by atoms with Gasteiger partial charge < -0.3 is 4.90 Å². The Morgan fingerprint density at radius 2 is 0.667 bits per heavy atom. The molecule has 0 heterocycles. The molecule has 0 fully saturated rings. The van der Waals surface area contributed by atoms with Crippen molar-refractivity contribution in [3.05, 3.63) is 148 Å². The van der Waals surface area contributed by atoms with Crippen LogP contribution in [0.5, 0.6) is 0 Å². The minimum atomic E-state index is -1.38. The zero-order valence-electron chi connectivity index (χ0n) is 27.4. The van der Waals surface area contributed by atoms with Crippen LogP contribution in [0.4, 0.5) is 5.69 Å². The smallest absolute Gasteiger partial charge is 0.130 e. The summed E-state index contributed by atoms with van der Waals surface area (Å²) in [7, 11) is 4.24. The van der Waals surface area contributed by atoms with Crippen molar-refractivity contribution in [2.75, 3.05) is 14.1 Å². The summed E-state index contributed by atoms with van der Waals surface area (Å²) in [6.07, 6.45) is -1.38. The summed E-state index contributed by atoms with van der Waals surface area (Å²) >= 11 is 0. The number of benzene rings is 5. The molecule has 0 saturated carbocycles. The van der Waals surface area contributed by atoms with Crippen LogP contribution in [-0.4, -0.2) is 20.2 Å². The van der Waals surface area contributed by atoms with E-state index in [1.807, 2.05) is 6.07 Å². The van der Waals surface area contributed by atoms with E-state index in [0.717, 1.165) is 0 Å². The minimum absolute atomic E-state index is 1.31. The average molecular weight is 554 g/mol. The second-order valence-electron chi connectivity index (χ2n) is 12.7. The summed E-state index contributed by atoms with van der Waals surface area (Å²) in [5.41, 5.74) is 17.7. The van der Waals surface area contributed by atoms with Crippen LogP contribution in [-0.2, 0) is 0 Å². The summed E-state index contributed by atoms with van der Waals surface area (Å²) in [5, 5.41) is 0. The zero-order valence-corrected chi connectivity index (χ0v) is 27.4. The first-order valence-electron chi connectivity index (χ1n) is 15.3. The molecule has 42 heavy (non-hydrogen) atoms. The maximum absolute atomic E-state index is 2.39. The first kappa shape index (κ1) is 31.1. The van der Waals surface area contributed by atoms with Crippen molar-refractivity contribution in [3.63, 3.8) is 0 Å². The fraction of sp³-hybridized carbons (Fsp3) is 0.250. The Kier molecular flexibility index (Phi) is 9.59. The van der Waals surface area contributed by atoms with E-state index in [4.69, 9.17) is 0 Å². The van der Waals surface area contributed by atoms with Gasteiger partial charge in [0.1, 0.15) is 11.8 Å². The van der Waals surface area contributed by atoms with Gasteiger partial charge in [-0.15, -0.1) is 0 Å². The molecule has 0 aliphatic carbocycles. The Hall–Kier alpha value is -3.88. The molecule has 0 saturated heterocycles. The van der Waals surface area contributed by atoms with Crippen LogP contribution >= 0.6 is 0 Å². The Balaban J connectivity index is 0.000000385. The molecule has 0 amide bonds. The Bertz CT molecular complexity index is 1470. The lowest BCUT2D eigenvalue weighted by Gasteiger charge is -2.48. The van der Waals surface area contributed by atoms with E-state index < -0.39 is 6.15 Å². The number of hydrogen-bond donors (Lipinski definition) is 1. The average Bonchev–Trinajstić information content (AvgIpc) is 2.93. The molecule has 0 spiro atoms. The molecule has 0 bridgehead atoms. The number of nitrogens with one attached hydrogen (secondary N) is 1. The normalized spacial score (nSPS) is 11.3. The number of rotatable bonds is 5. The molecule has 0 aromatic heterocycles. The van der Waals surface area contributed by atoms with Crippen molar-refractivity contribution in [1.82, 2.24) is 0 Å². The third-order valence-corrected chi connectivity index (χ3v) is 8.92. The molecule has 1 nitrogen and oxygen atoms in total. The largest absolute Gasteiger partial charge is 0.307 e. The molecule has 5 rings (SSSR count). The SMILES string of the molecule is C[NH+](C)c1ccccc1.Cc1ccc([B-](c2ccc(C)cc2C)(c2ccc(C)cc2C)c2ccc(C)cc2C)c(C)c1. The Morgan fingerprint density at radius 1 is 0.381 bits per heavy atom. The molecule has 0 atom stereocenters. The van der Waals surface area contributed by atoms with E-state index in [-0.39, 0.29) is 0 Å². The van der Waals surface area contributed by atoms with Crippen LogP contribution in [0.1, 0.15) is 44.5 Å². The highest BCUT2D eigenvalue weighted by Crippen LogP contribution is 2.19. The highest BCUT2D eigenvalue weighted by Gasteiger charge is 2.35. The molecule has 5 aromatic carbocycles. The van der Waals surface area contributed by atoms with Gasteiger partial charge in [0.25, 0.3) is 0 Å². The van der Waals surface area contributed by atoms with Crippen molar-refractivity contribution in [3.8, 4) is 0 Å². The monoisotopic (exact) mass is 553 g/mol. The van der Waals surface area contributed by atoms with Gasteiger partial charge in [-0.05, 0) is 67.5 Å². The van der Waals surface area contributed by atoms with E-state index in [1.54, 1.807) is 0 Å². The molecular formula is C40H48BN. The predicted molar refractivity (Wildman–Crippen MR) is 187 cm³/mol. The molecular weight excluding hydrogens is 505 g/mol. The zero-order chi connectivity index (χ0) is 30.6. The predicted octanol–water partition coefficient (Wildman–Crippen LogP) is 5.99. The van der Waals surface area contributed by atoms with Gasteiger partial charge in [-0.2, -0.15) is 21.9 Å². The third-order valence-electron chi connectivity index (χ3n) is 8.92. The van der Waals surface area contributed by atoms with Crippen molar-refractivity contribution >= 4 is 33.7 Å². The number of quaternary nitrogens is 1. The van der Waals surface area contributed by atoms with E-state index >= 15 is 0 Å². The number of hydrogen-bond acceptors (Lipinski definition) is 0. The topological polar surface area (TPSA) is 4.44 Å². The van der Waals surface area contributed by atoms with Gasteiger partial charge in [-0.3, -0.25) is 0 Å². The van der Waals surface area contributed by atoms with Gasteiger partial charge in [0.15, 0.2) is 0 Å². The van der Waals surface area contributed by atoms with Crippen molar-refractivity contribution < 1.29 is 4.90 Å². The van der Waals surface area contributed by atoms with Crippen LogP contribution in [0, 0.1) is 55.4 Å². The first-order valence-corrected chi connectivity index (χ1v) is 15.3. The quantitative estimate of drug-likeness (QED) is 0.255.